The van der Waals surface area contributed by atoms with E-state index in [2.05, 4.69) is 19.9 Å². The molecule has 1 aliphatic heterocycles. The van der Waals surface area contributed by atoms with E-state index in [1.165, 1.54) is 12.8 Å². The maximum absolute atomic E-state index is 5.77. The highest BCUT2D eigenvalue weighted by Crippen LogP contribution is 2.23. The van der Waals surface area contributed by atoms with Crippen LogP contribution in [0.4, 0.5) is 0 Å². The molecule has 1 saturated heterocycles. The Morgan fingerprint density at radius 3 is 2.62 bits per heavy atom. The summed E-state index contributed by atoms with van der Waals surface area (Å²) in [6.07, 6.45) is 9.02. The molecule has 2 aromatic heterocycles. The molecule has 0 N–H and O–H groups in total. The van der Waals surface area contributed by atoms with Gasteiger partial charge in [0.15, 0.2) is 5.75 Å². The molecule has 0 spiro atoms. The van der Waals surface area contributed by atoms with Gasteiger partial charge in [-0.3, -0.25) is 9.88 Å². The van der Waals surface area contributed by atoms with Crippen LogP contribution in [0.1, 0.15) is 12.8 Å². The predicted octanol–water partition coefficient (Wildman–Crippen LogP) is 1.80. The van der Waals surface area contributed by atoms with Crippen molar-refractivity contribution in [3.63, 3.8) is 0 Å². The molecule has 0 aromatic carbocycles. The molecule has 1 fully saturated rings. The first kappa shape index (κ1) is 16.4. The van der Waals surface area contributed by atoms with Gasteiger partial charge in [0, 0.05) is 25.1 Å². The Morgan fingerprint density at radius 2 is 1.79 bits per heavy atom. The van der Waals surface area contributed by atoms with E-state index in [4.69, 9.17) is 14.2 Å². The zero-order chi connectivity index (χ0) is 16.5. The number of ether oxygens (including phenoxy) is 3. The van der Waals surface area contributed by atoms with Gasteiger partial charge >= 0.3 is 0 Å². The Morgan fingerprint density at radius 1 is 0.917 bits per heavy atom. The van der Waals surface area contributed by atoms with Crippen LogP contribution in [-0.2, 0) is 0 Å². The molecular weight excluding hydrogens is 308 g/mol. The van der Waals surface area contributed by atoms with Gasteiger partial charge in [0.2, 0.25) is 5.88 Å². The lowest BCUT2D eigenvalue weighted by molar-refractivity contribution is 0.192. The number of aromatic nitrogens is 3. The summed E-state index contributed by atoms with van der Waals surface area (Å²) in [5, 5.41) is 0. The molecule has 0 aliphatic carbocycles. The summed E-state index contributed by atoms with van der Waals surface area (Å²) in [6, 6.07) is 3.67. The van der Waals surface area contributed by atoms with Crippen molar-refractivity contribution in [2.24, 2.45) is 0 Å². The fraction of sp³-hybridized carbons (Fsp3) is 0.471. The molecule has 2 aromatic rings. The van der Waals surface area contributed by atoms with Crippen molar-refractivity contribution in [2.75, 3.05) is 39.5 Å². The van der Waals surface area contributed by atoms with E-state index in [-0.39, 0.29) is 0 Å². The third-order valence-corrected chi connectivity index (χ3v) is 3.71. The summed E-state index contributed by atoms with van der Waals surface area (Å²) >= 11 is 0. The lowest BCUT2D eigenvalue weighted by Gasteiger charge is -2.16. The van der Waals surface area contributed by atoms with E-state index in [1.807, 2.05) is 12.1 Å². The van der Waals surface area contributed by atoms with Gasteiger partial charge in [0.05, 0.1) is 6.20 Å². The standard InChI is InChI=1S/C17H22N4O3/c1-2-9-21(8-1)10-11-24-17-15(4-3-5-20-17)22-12-13-23-16-14-18-6-7-19-16/h3-7,14H,1-2,8-13H2. The van der Waals surface area contributed by atoms with Crippen LogP contribution < -0.4 is 14.2 Å². The van der Waals surface area contributed by atoms with Gasteiger partial charge in [0.25, 0.3) is 5.88 Å². The van der Waals surface area contributed by atoms with E-state index < -0.39 is 0 Å². The third-order valence-electron chi connectivity index (χ3n) is 3.71. The minimum atomic E-state index is 0.376. The smallest absolute Gasteiger partial charge is 0.257 e. The Bertz CT molecular complexity index is 606. The summed E-state index contributed by atoms with van der Waals surface area (Å²) in [5.41, 5.74) is 0. The second-order valence-electron chi connectivity index (χ2n) is 5.44. The van der Waals surface area contributed by atoms with E-state index in [1.54, 1.807) is 24.8 Å². The van der Waals surface area contributed by atoms with Crippen LogP contribution in [0.25, 0.3) is 0 Å². The maximum atomic E-state index is 5.77. The molecule has 128 valence electrons. The largest absolute Gasteiger partial charge is 0.484 e. The fourth-order valence-electron chi connectivity index (χ4n) is 2.53. The van der Waals surface area contributed by atoms with Crippen molar-refractivity contribution in [2.45, 2.75) is 12.8 Å². The first-order valence-electron chi connectivity index (χ1n) is 8.23. The second-order valence-corrected chi connectivity index (χ2v) is 5.44. The summed E-state index contributed by atoms with van der Waals surface area (Å²) in [5.74, 6) is 1.63. The first-order chi connectivity index (χ1) is 11.9. The van der Waals surface area contributed by atoms with Gasteiger partial charge in [-0.15, -0.1) is 0 Å². The first-order valence-corrected chi connectivity index (χ1v) is 8.23. The van der Waals surface area contributed by atoms with E-state index in [0.717, 1.165) is 19.6 Å². The number of rotatable bonds is 9. The van der Waals surface area contributed by atoms with Gasteiger partial charge in [-0.1, -0.05) is 0 Å². The molecule has 0 unspecified atom stereocenters. The maximum Gasteiger partial charge on any atom is 0.257 e. The van der Waals surface area contributed by atoms with Gasteiger partial charge in [-0.2, -0.15) is 0 Å². The molecule has 24 heavy (non-hydrogen) atoms. The zero-order valence-corrected chi connectivity index (χ0v) is 13.6. The molecule has 0 radical (unpaired) electrons. The Balaban J connectivity index is 1.41. The van der Waals surface area contributed by atoms with Crippen LogP contribution in [0.2, 0.25) is 0 Å². The van der Waals surface area contributed by atoms with Crippen LogP contribution in [0.15, 0.2) is 36.9 Å². The molecule has 3 rings (SSSR count). The monoisotopic (exact) mass is 330 g/mol. The van der Waals surface area contributed by atoms with Gasteiger partial charge < -0.3 is 14.2 Å². The predicted molar refractivity (Wildman–Crippen MR) is 88.4 cm³/mol. The van der Waals surface area contributed by atoms with Crippen molar-refractivity contribution in [3.8, 4) is 17.5 Å². The molecule has 3 heterocycles. The average molecular weight is 330 g/mol. The van der Waals surface area contributed by atoms with Crippen LogP contribution in [-0.4, -0.2) is 59.3 Å². The number of hydrogen-bond acceptors (Lipinski definition) is 7. The van der Waals surface area contributed by atoms with E-state index in [0.29, 0.717) is 37.3 Å². The second kappa shape index (κ2) is 9.02. The molecule has 7 heteroatoms. The van der Waals surface area contributed by atoms with Gasteiger partial charge in [0.1, 0.15) is 19.8 Å². The lowest BCUT2D eigenvalue weighted by Crippen LogP contribution is -2.25. The Kier molecular flexibility index (Phi) is 6.18. The summed E-state index contributed by atoms with van der Waals surface area (Å²) in [7, 11) is 0. The highest BCUT2D eigenvalue weighted by atomic mass is 16.5. The number of hydrogen-bond donors (Lipinski definition) is 0. The molecule has 0 bridgehead atoms. The molecule has 1 aliphatic rings. The van der Waals surface area contributed by atoms with Crippen molar-refractivity contribution in [3.05, 3.63) is 36.9 Å². The van der Waals surface area contributed by atoms with Crippen LogP contribution in [0, 0.1) is 0 Å². The van der Waals surface area contributed by atoms with Crippen LogP contribution in [0.3, 0.4) is 0 Å². The molecule has 0 saturated carbocycles. The van der Waals surface area contributed by atoms with E-state index >= 15 is 0 Å². The number of likely N-dealkylation sites (tertiary alicyclic amines) is 1. The van der Waals surface area contributed by atoms with Gasteiger partial charge in [-0.25, -0.2) is 9.97 Å². The van der Waals surface area contributed by atoms with Crippen molar-refractivity contribution in [1.82, 2.24) is 19.9 Å². The highest BCUT2D eigenvalue weighted by molar-refractivity contribution is 5.32. The molecule has 7 nitrogen and oxygen atoms in total. The minimum absolute atomic E-state index is 0.376. The molecule has 0 atom stereocenters. The average Bonchev–Trinajstić information content (AvgIpc) is 3.14. The normalized spacial score (nSPS) is 14.5. The van der Waals surface area contributed by atoms with Crippen LogP contribution in [0.5, 0.6) is 17.5 Å². The molecule has 0 amide bonds. The minimum Gasteiger partial charge on any atom is -0.484 e. The quantitative estimate of drug-likeness (QED) is 0.649. The summed E-state index contributed by atoms with van der Waals surface area (Å²) in [6.45, 7) is 4.62. The SMILES string of the molecule is c1cnc(OCCN2CCCC2)c(OCCOc2cnccn2)c1. The Labute approximate surface area is 141 Å². The highest BCUT2D eigenvalue weighted by Gasteiger charge is 2.12. The van der Waals surface area contributed by atoms with Crippen molar-refractivity contribution in [1.29, 1.82) is 0 Å². The summed E-state index contributed by atoms with van der Waals surface area (Å²) < 4.78 is 16.9. The summed E-state index contributed by atoms with van der Waals surface area (Å²) in [4.78, 5) is 14.6. The molecular formula is C17H22N4O3. The third kappa shape index (κ3) is 5.06. The zero-order valence-electron chi connectivity index (χ0n) is 13.6. The number of pyridine rings is 1. The Hall–Kier alpha value is -2.41. The van der Waals surface area contributed by atoms with Crippen molar-refractivity contribution < 1.29 is 14.2 Å². The van der Waals surface area contributed by atoms with Gasteiger partial charge in [-0.05, 0) is 38.1 Å². The lowest BCUT2D eigenvalue weighted by atomic mass is 10.4. The number of nitrogens with zero attached hydrogens (tertiary/aromatic N) is 4. The van der Waals surface area contributed by atoms with Crippen LogP contribution >= 0.6 is 0 Å². The fourth-order valence-corrected chi connectivity index (χ4v) is 2.53. The topological polar surface area (TPSA) is 69.6 Å². The van der Waals surface area contributed by atoms with Crippen molar-refractivity contribution >= 4 is 0 Å². The van der Waals surface area contributed by atoms with E-state index in [9.17, 15) is 0 Å².